The van der Waals surface area contributed by atoms with Crippen molar-refractivity contribution >= 4 is 0 Å². The lowest BCUT2D eigenvalue weighted by molar-refractivity contribution is 0.125. The van der Waals surface area contributed by atoms with Gasteiger partial charge in [-0.25, -0.2) is 0 Å². The van der Waals surface area contributed by atoms with Gasteiger partial charge in [-0.15, -0.1) is 0 Å². The topological polar surface area (TPSA) is 32.5 Å². The second kappa shape index (κ2) is 7.61. The Bertz CT molecular complexity index is 250. The average molecular weight is 269 g/mol. The molecule has 0 bridgehead atoms. The maximum Gasteiger partial charge on any atom is 0.0108 e. The minimum absolute atomic E-state index is 0.236. The molecular formula is C16H35N3. The first kappa shape index (κ1) is 16.9. The van der Waals surface area contributed by atoms with E-state index in [1.165, 1.54) is 32.4 Å². The van der Waals surface area contributed by atoms with Crippen LogP contribution in [0.5, 0.6) is 0 Å². The van der Waals surface area contributed by atoms with Crippen molar-refractivity contribution in [1.82, 2.24) is 9.80 Å². The standard InChI is InChI=1S/C16H35N3/c1-6-18(13-16(4,5)12-17)15-8-7-10-19(11-9-15)14(2)3/h14-15H,6-13,17H2,1-5H3. The Morgan fingerprint density at radius 1 is 1.26 bits per heavy atom. The number of hydrogen-bond acceptors (Lipinski definition) is 3. The van der Waals surface area contributed by atoms with Gasteiger partial charge < -0.3 is 15.5 Å². The van der Waals surface area contributed by atoms with Gasteiger partial charge in [0.1, 0.15) is 0 Å². The van der Waals surface area contributed by atoms with Crippen LogP contribution < -0.4 is 5.73 Å². The molecule has 1 atom stereocenters. The fourth-order valence-corrected chi connectivity index (χ4v) is 3.10. The van der Waals surface area contributed by atoms with Crippen molar-refractivity contribution in [3.05, 3.63) is 0 Å². The summed E-state index contributed by atoms with van der Waals surface area (Å²) >= 11 is 0. The van der Waals surface area contributed by atoms with E-state index in [-0.39, 0.29) is 5.41 Å². The Balaban J connectivity index is 2.57. The van der Waals surface area contributed by atoms with Gasteiger partial charge >= 0.3 is 0 Å². The maximum atomic E-state index is 5.90. The van der Waals surface area contributed by atoms with Gasteiger partial charge in [0, 0.05) is 18.6 Å². The van der Waals surface area contributed by atoms with Crippen molar-refractivity contribution in [2.75, 3.05) is 32.7 Å². The molecule has 1 saturated heterocycles. The molecule has 0 aromatic carbocycles. The highest BCUT2D eigenvalue weighted by Gasteiger charge is 2.27. The molecule has 0 aromatic heterocycles. The lowest BCUT2D eigenvalue weighted by Gasteiger charge is -2.36. The van der Waals surface area contributed by atoms with Gasteiger partial charge in [0.2, 0.25) is 0 Å². The molecule has 1 heterocycles. The van der Waals surface area contributed by atoms with Crippen LogP contribution in [0.3, 0.4) is 0 Å². The van der Waals surface area contributed by atoms with E-state index < -0.39 is 0 Å². The molecule has 2 N–H and O–H groups in total. The van der Waals surface area contributed by atoms with E-state index in [4.69, 9.17) is 5.73 Å². The third kappa shape index (κ3) is 5.41. The Hall–Kier alpha value is -0.120. The Morgan fingerprint density at radius 3 is 2.47 bits per heavy atom. The van der Waals surface area contributed by atoms with Crippen LogP contribution in [0.2, 0.25) is 0 Å². The zero-order chi connectivity index (χ0) is 14.5. The average Bonchev–Trinajstić information content (AvgIpc) is 2.61. The van der Waals surface area contributed by atoms with Crippen molar-refractivity contribution in [2.24, 2.45) is 11.1 Å². The Kier molecular flexibility index (Phi) is 6.78. The minimum Gasteiger partial charge on any atom is -0.330 e. The molecule has 0 aromatic rings. The summed E-state index contributed by atoms with van der Waals surface area (Å²) < 4.78 is 0. The zero-order valence-electron chi connectivity index (χ0n) is 13.8. The van der Waals surface area contributed by atoms with Gasteiger partial charge in [-0.3, -0.25) is 0 Å². The van der Waals surface area contributed by atoms with Crippen molar-refractivity contribution in [3.8, 4) is 0 Å². The van der Waals surface area contributed by atoms with Crippen molar-refractivity contribution in [1.29, 1.82) is 0 Å². The first-order valence-electron chi connectivity index (χ1n) is 8.07. The molecule has 0 radical (unpaired) electrons. The largest absolute Gasteiger partial charge is 0.330 e. The summed E-state index contributed by atoms with van der Waals surface area (Å²) in [5, 5.41) is 0. The molecule has 1 unspecified atom stereocenters. The molecule has 1 aliphatic rings. The second-order valence-corrected chi connectivity index (χ2v) is 7.15. The number of nitrogens with zero attached hydrogens (tertiary/aromatic N) is 2. The number of nitrogens with two attached hydrogens (primary N) is 1. The molecule has 1 aliphatic heterocycles. The van der Waals surface area contributed by atoms with Gasteiger partial charge in [-0.1, -0.05) is 20.8 Å². The fourth-order valence-electron chi connectivity index (χ4n) is 3.10. The zero-order valence-corrected chi connectivity index (χ0v) is 13.8. The van der Waals surface area contributed by atoms with E-state index in [1.54, 1.807) is 0 Å². The lowest BCUT2D eigenvalue weighted by Crippen LogP contribution is -2.44. The third-order valence-electron chi connectivity index (χ3n) is 4.57. The summed E-state index contributed by atoms with van der Waals surface area (Å²) in [6.07, 6.45) is 3.99. The number of likely N-dealkylation sites (tertiary alicyclic amines) is 1. The van der Waals surface area contributed by atoms with E-state index in [0.717, 1.165) is 25.7 Å². The lowest BCUT2D eigenvalue weighted by atomic mass is 9.91. The summed E-state index contributed by atoms with van der Waals surface area (Å²) in [6.45, 7) is 17.1. The van der Waals surface area contributed by atoms with Gasteiger partial charge in [0.25, 0.3) is 0 Å². The van der Waals surface area contributed by atoms with Gasteiger partial charge in [0.15, 0.2) is 0 Å². The van der Waals surface area contributed by atoms with E-state index in [0.29, 0.717) is 6.04 Å². The number of rotatable bonds is 6. The van der Waals surface area contributed by atoms with Crippen molar-refractivity contribution in [3.63, 3.8) is 0 Å². The molecule has 114 valence electrons. The molecule has 0 spiro atoms. The van der Waals surface area contributed by atoms with E-state index in [2.05, 4.69) is 44.4 Å². The Morgan fingerprint density at radius 2 is 1.95 bits per heavy atom. The van der Waals surface area contributed by atoms with Crippen LogP contribution in [-0.2, 0) is 0 Å². The van der Waals surface area contributed by atoms with Crippen LogP contribution in [0.25, 0.3) is 0 Å². The van der Waals surface area contributed by atoms with E-state index in [1.807, 2.05) is 0 Å². The van der Waals surface area contributed by atoms with Crippen LogP contribution in [0.15, 0.2) is 0 Å². The highest BCUT2D eigenvalue weighted by atomic mass is 15.2. The second-order valence-electron chi connectivity index (χ2n) is 7.15. The fraction of sp³-hybridized carbons (Fsp3) is 1.00. The highest BCUT2D eigenvalue weighted by molar-refractivity contribution is 4.82. The predicted octanol–water partition coefficient (Wildman–Crippen LogP) is 2.56. The molecular weight excluding hydrogens is 234 g/mol. The molecule has 1 fully saturated rings. The minimum atomic E-state index is 0.236. The first-order chi connectivity index (χ1) is 8.89. The van der Waals surface area contributed by atoms with Crippen LogP contribution in [-0.4, -0.2) is 54.6 Å². The maximum absolute atomic E-state index is 5.90. The Labute approximate surface area is 120 Å². The molecule has 3 heteroatoms. The summed E-state index contributed by atoms with van der Waals surface area (Å²) in [5.41, 5.74) is 6.13. The monoisotopic (exact) mass is 269 g/mol. The molecule has 3 nitrogen and oxygen atoms in total. The quantitative estimate of drug-likeness (QED) is 0.804. The van der Waals surface area contributed by atoms with Crippen LogP contribution in [0, 0.1) is 5.41 Å². The third-order valence-corrected chi connectivity index (χ3v) is 4.57. The summed E-state index contributed by atoms with van der Waals surface area (Å²) in [5.74, 6) is 0. The van der Waals surface area contributed by atoms with Crippen LogP contribution in [0.4, 0.5) is 0 Å². The molecule has 0 saturated carbocycles. The predicted molar refractivity (Wildman–Crippen MR) is 84.4 cm³/mol. The van der Waals surface area contributed by atoms with E-state index >= 15 is 0 Å². The van der Waals surface area contributed by atoms with Crippen molar-refractivity contribution in [2.45, 2.75) is 66.0 Å². The van der Waals surface area contributed by atoms with Crippen LogP contribution in [0.1, 0.15) is 53.9 Å². The molecule has 1 rings (SSSR count). The van der Waals surface area contributed by atoms with Crippen molar-refractivity contribution < 1.29 is 0 Å². The normalized spacial score (nSPS) is 23.1. The van der Waals surface area contributed by atoms with Crippen LogP contribution >= 0.6 is 0 Å². The summed E-state index contributed by atoms with van der Waals surface area (Å²) in [6, 6.07) is 1.44. The summed E-state index contributed by atoms with van der Waals surface area (Å²) in [4.78, 5) is 5.29. The summed E-state index contributed by atoms with van der Waals surface area (Å²) in [7, 11) is 0. The number of hydrogen-bond donors (Lipinski definition) is 1. The highest BCUT2D eigenvalue weighted by Crippen LogP contribution is 2.22. The molecule has 0 aliphatic carbocycles. The van der Waals surface area contributed by atoms with Gasteiger partial charge in [-0.2, -0.15) is 0 Å². The SMILES string of the molecule is CCN(CC(C)(C)CN)C1CCCN(C(C)C)CC1. The smallest absolute Gasteiger partial charge is 0.0108 e. The van der Waals surface area contributed by atoms with Gasteiger partial charge in [-0.05, 0) is 64.7 Å². The molecule has 19 heavy (non-hydrogen) atoms. The molecule has 0 amide bonds. The van der Waals surface area contributed by atoms with Gasteiger partial charge in [0.05, 0.1) is 0 Å². The first-order valence-corrected chi connectivity index (χ1v) is 8.07. The van der Waals surface area contributed by atoms with E-state index in [9.17, 15) is 0 Å².